The first-order valence-corrected chi connectivity index (χ1v) is 8.22. The highest BCUT2D eigenvalue weighted by atomic mass is 35.5. The number of sulfonamides is 1. The van der Waals surface area contributed by atoms with Gasteiger partial charge in [0.1, 0.15) is 11.0 Å². The Hall–Kier alpha value is -1.52. The Labute approximate surface area is 134 Å². The van der Waals surface area contributed by atoms with Crippen LogP contribution in [0.3, 0.4) is 0 Å². The van der Waals surface area contributed by atoms with E-state index in [0.717, 1.165) is 11.0 Å². The minimum absolute atomic E-state index is 0.0752. The Kier molecular flexibility index (Phi) is 4.79. The van der Waals surface area contributed by atoms with Gasteiger partial charge in [-0.15, -0.1) is 0 Å². The number of hydrogen-bond acceptors (Lipinski definition) is 4. The number of rotatable bonds is 3. The molecule has 1 fully saturated rings. The molecule has 0 saturated carbocycles. The Bertz CT molecular complexity index is 724. The first-order valence-electron chi connectivity index (χ1n) is 6.36. The highest BCUT2D eigenvalue weighted by Gasteiger charge is 2.34. The number of nitrogens with one attached hydrogen (secondary N) is 1. The molecule has 0 unspecified atom stereocenters. The lowest BCUT2D eigenvalue weighted by atomic mass is 10.2. The van der Waals surface area contributed by atoms with Crippen LogP contribution in [0.1, 0.15) is 12.0 Å². The van der Waals surface area contributed by atoms with Gasteiger partial charge in [-0.2, -0.15) is 13.2 Å². The number of carbonyl (C=O) groups excluding carboxylic acids is 1. The molecule has 1 aliphatic rings. The number of hydrogen-bond donors (Lipinski definition) is 1. The summed E-state index contributed by atoms with van der Waals surface area (Å²) in [6.07, 6.45) is -5.97. The van der Waals surface area contributed by atoms with Gasteiger partial charge < -0.3 is 14.8 Å². The summed E-state index contributed by atoms with van der Waals surface area (Å²) in [4.78, 5) is 10.9. The van der Waals surface area contributed by atoms with E-state index >= 15 is 0 Å². The van der Waals surface area contributed by atoms with Crippen LogP contribution in [0, 0.1) is 0 Å². The number of halogens is 4. The lowest BCUT2D eigenvalue weighted by Gasteiger charge is -2.19. The van der Waals surface area contributed by atoms with E-state index in [1.807, 2.05) is 0 Å². The molecule has 1 aliphatic heterocycles. The smallest absolute Gasteiger partial charge is 0.416 e. The van der Waals surface area contributed by atoms with Gasteiger partial charge in [0, 0.05) is 19.1 Å². The van der Waals surface area contributed by atoms with Crippen molar-refractivity contribution in [3.05, 3.63) is 28.8 Å². The topological polar surface area (TPSA) is 89.5 Å². The Balaban J connectivity index is 2.25. The number of carbonyl (C=O) groups is 1. The van der Waals surface area contributed by atoms with Crippen molar-refractivity contribution in [1.82, 2.24) is 9.62 Å². The third kappa shape index (κ3) is 4.06. The normalized spacial score (nSPS) is 19.1. The quantitative estimate of drug-likeness (QED) is 0.860. The lowest BCUT2D eigenvalue weighted by molar-refractivity contribution is -0.264. The molecule has 0 radical (unpaired) electrons. The molecule has 2 rings (SSSR count). The molecular weight excluding hydrogens is 361 g/mol. The number of alkyl halides is 3. The zero-order valence-corrected chi connectivity index (χ0v) is 13.0. The summed E-state index contributed by atoms with van der Waals surface area (Å²) in [5, 5.41) is 10.3. The number of likely N-dealkylation sites (tertiary alicyclic amines) is 1. The maximum Gasteiger partial charge on any atom is 0.416 e. The van der Waals surface area contributed by atoms with Crippen molar-refractivity contribution in [1.29, 1.82) is 0 Å². The average molecular weight is 372 g/mol. The van der Waals surface area contributed by atoms with Gasteiger partial charge in [0.15, 0.2) is 0 Å². The monoisotopic (exact) mass is 371 g/mol. The van der Waals surface area contributed by atoms with Gasteiger partial charge in [-0.25, -0.2) is 13.1 Å². The van der Waals surface area contributed by atoms with Crippen LogP contribution in [-0.2, 0) is 16.2 Å². The molecule has 1 aromatic rings. The molecule has 11 heteroatoms. The fourth-order valence-corrected chi connectivity index (χ4v) is 3.98. The third-order valence-corrected chi connectivity index (χ3v) is 5.32. The van der Waals surface area contributed by atoms with E-state index in [0.29, 0.717) is 12.1 Å². The zero-order valence-electron chi connectivity index (χ0n) is 11.4. The summed E-state index contributed by atoms with van der Waals surface area (Å²) >= 11 is 5.69. The fourth-order valence-electron chi connectivity index (χ4n) is 2.19. The van der Waals surface area contributed by atoms with Crippen LogP contribution in [0.25, 0.3) is 0 Å². The maximum absolute atomic E-state index is 12.7. The van der Waals surface area contributed by atoms with E-state index in [2.05, 4.69) is 4.72 Å². The highest BCUT2D eigenvalue weighted by Crippen LogP contribution is 2.33. The minimum atomic E-state index is -4.71. The molecule has 0 bridgehead atoms. The number of amides is 1. The predicted molar refractivity (Wildman–Crippen MR) is 72.1 cm³/mol. The standard InChI is InChI=1S/C12H12ClF3N2O4S/c13-9-2-1-7(12(14,15)16)5-10(9)23(21,22)17-8-3-4-18(6-8)11(19)20/h1-2,5,8,17H,3-4,6H2,(H,19,20)/p-1/t8-/m1/s1. The highest BCUT2D eigenvalue weighted by molar-refractivity contribution is 7.89. The summed E-state index contributed by atoms with van der Waals surface area (Å²) < 4.78 is 64.7. The summed E-state index contributed by atoms with van der Waals surface area (Å²) in [5.74, 6) is 0. The van der Waals surface area contributed by atoms with Crippen LogP contribution in [0.15, 0.2) is 23.1 Å². The van der Waals surface area contributed by atoms with Gasteiger partial charge in [0.2, 0.25) is 10.0 Å². The van der Waals surface area contributed by atoms with Crippen molar-refractivity contribution in [2.75, 3.05) is 13.1 Å². The summed E-state index contributed by atoms with van der Waals surface area (Å²) in [6.45, 7) is -0.0655. The van der Waals surface area contributed by atoms with Gasteiger partial charge in [-0.3, -0.25) is 0 Å². The Morgan fingerprint density at radius 1 is 1.39 bits per heavy atom. The Morgan fingerprint density at radius 3 is 2.57 bits per heavy atom. The lowest BCUT2D eigenvalue weighted by Crippen LogP contribution is -2.43. The molecule has 0 spiro atoms. The van der Waals surface area contributed by atoms with Crippen molar-refractivity contribution in [2.24, 2.45) is 0 Å². The molecule has 6 nitrogen and oxygen atoms in total. The maximum atomic E-state index is 12.7. The van der Waals surface area contributed by atoms with Gasteiger partial charge in [0.25, 0.3) is 0 Å². The first kappa shape index (κ1) is 17.8. The molecule has 1 atom stereocenters. The summed E-state index contributed by atoms with van der Waals surface area (Å²) in [6, 6.07) is 1.20. The fraction of sp³-hybridized carbons (Fsp3) is 0.417. The van der Waals surface area contributed by atoms with Crippen molar-refractivity contribution in [2.45, 2.75) is 23.5 Å². The van der Waals surface area contributed by atoms with Crippen molar-refractivity contribution in [3.63, 3.8) is 0 Å². The number of carboxylic acid groups (broad SMARTS) is 1. The van der Waals surface area contributed by atoms with Gasteiger partial charge >= 0.3 is 6.18 Å². The average Bonchev–Trinajstić information content (AvgIpc) is 2.85. The van der Waals surface area contributed by atoms with Gasteiger partial charge in [0.05, 0.1) is 10.6 Å². The number of nitrogens with zero attached hydrogens (tertiary/aromatic N) is 1. The van der Waals surface area contributed by atoms with Crippen LogP contribution in [-0.4, -0.2) is 38.5 Å². The second-order valence-corrected chi connectivity index (χ2v) is 7.05. The van der Waals surface area contributed by atoms with Gasteiger partial charge in [-0.1, -0.05) is 11.6 Å². The molecule has 0 aliphatic carbocycles. The molecule has 1 N–H and O–H groups in total. The van der Waals surface area contributed by atoms with E-state index < -0.39 is 38.8 Å². The second kappa shape index (κ2) is 6.17. The van der Waals surface area contributed by atoms with Crippen molar-refractivity contribution in [3.8, 4) is 0 Å². The van der Waals surface area contributed by atoms with Crippen LogP contribution in [0.5, 0.6) is 0 Å². The van der Waals surface area contributed by atoms with E-state index in [1.54, 1.807) is 0 Å². The van der Waals surface area contributed by atoms with E-state index in [9.17, 15) is 31.5 Å². The zero-order chi connectivity index (χ0) is 17.4. The number of benzene rings is 1. The summed E-state index contributed by atoms with van der Waals surface area (Å²) in [7, 11) is -4.33. The molecule has 1 amide bonds. The molecule has 23 heavy (non-hydrogen) atoms. The van der Waals surface area contributed by atoms with E-state index in [-0.39, 0.29) is 24.5 Å². The minimum Gasteiger partial charge on any atom is -0.530 e. The van der Waals surface area contributed by atoms with Crippen molar-refractivity contribution < 1.29 is 31.5 Å². The van der Waals surface area contributed by atoms with Crippen LogP contribution < -0.4 is 9.83 Å². The van der Waals surface area contributed by atoms with Crippen LogP contribution in [0.2, 0.25) is 5.02 Å². The predicted octanol–water partition coefficient (Wildman–Crippen LogP) is 1.05. The summed E-state index contributed by atoms with van der Waals surface area (Å²) in [5.41, 5.74) is -1.15. The third-order valence-electron chi connectivity index (χ3n) is 3.32. The molecule has 1 aromatic carbocycles. The molecule has 0 aromatic heterocycles. The molecular formula is C12H11ClF3N2O4S-. The van der Waals surface area contributed by atoms with Crippen molar-refractivity contribution >= 4 is 27.7 Å². The van der Waals surface area contributed by atoms with E-state index in [4.69, 9.17) is 11.6 Å². The van der Waals surface area contributed by atoms with E-state index in [1.165, 1.54) is 0 Å². The molecule has 1 saturated heterocycles. The molecule has 1 heterocycles. The first-order chi connectivity index (χ1) is 10.5. The van der Waals surface area contributed by atoms with Gasteiger partial charge in [-0.05, 0) is 24.6 Å². The van der Waals surface area contributed by atoms with Crippen LogP contribution in [0.4, 0.5) is 18.0 Å². The Morgan fingerprint density at radius 2 is 2.04 bits per heavy atom. The molecule has 128 valence electrons. The SMILES string of the molecule is O=C([O-])N1CC[C@@H](NS(=O)(=O)c2cc(C(F)(F)F)ccc2Cl)C1. The largest absolute Gasteiger partial charge is 0.530 e. The van der Waals surface area contributed by atoms with Crippen LogP contribution >= 0.6 is 11.6 Å². The second-order valence-electron chi connectivity index (χ2n) is 4.96.